The first-order valence-corrected chi connectivity index (χ1v) is 7.00. The summed E-state index contributed by atoms with van der Waals surface area (Å²) in [5.74, 6) is -0.223. The van der Waals surface area contributed by atoms with E-state index in [1.165, 1.54) is 6.42 Å². The molecule has 1 aromatic rings. The Labute approximate surface area is 118 Å². The van der Waals surface area contributed by atoms with Crippen molar-refractivity contribution in [3.05, 3.63) is 28.8 Å². The molecule has 19 heavy (non-hydrogen) atoms. The van der Waals surface area contributed by atoms with E-state index in [1.807, 2.05) is 0 Å². The molecule has 1 aliphatic rings. The van der Waals surface area contributed by atoms with Crippen LogP contribution in [0.1, 0.15) is 36.0 Å². The quantitative estimate of drug-likeness (QED) is 0.835. The van der Waals surface area contributed by atoms with Crippen LogP contribution in [0.4, 0.5) is 5.69 Å². The Morgan fingerprint density at radius 3 is 3.00 bits per heavy atom. The first kappa shape index (κ1) is 14.2. The lowest BCUT2D eigenvalue weighted by molar-refractivity contribution is 0.0117. The standard InChI is InChI=1S/C14H19ClN2O2/c15-11-5-3-6-12(16)13(11)14(18)17-8-7-10-4-1-2-9-19-10/h3,5-6,10H,1-2,4,7-9,16H2,(H,17,18). The predicted octanol–water partition coefficient (Wildman–Crippen LogP) is 2.61. The molecule has 0 radical (unpaired) electrons. The molecule has 2 rings (SSSR count). The fourth-order valence-electron chi connectivity index (χ4n) is 2.25. The van der Waals surface area contributed by atoms with Gasteiger partial charge in [-0.25, -0.2) is 0 Å². The Morgan fingerprint density at radius 2 is 2.32 bits per heavy atom. The summed E-state index contributed by atoms with van der Waals surface area (Å²) in [6, 6.07) is 5.06. The van der Waals surface area contributed by atoms with Gasteiger partial charge >= 0.3 is 0 Å². The van der Waals surface area contributed by atoms with Crippen molar-refractivity contribution >= 4 is 23.2 Å². The van der Waals surface area contributed by atoms with E-state index < -0.39 is 0 Å². The summed E-state index contributed by atoms with van der Waals surface area (Å²) in [4.78, 5) is 12.0. The molecule has 1 unspecified atom stereocenters. The normalized spacial score (nSPS) is 19.1. The third-order valence-corrected chi connectivity index (χ3v) is 3.61. The van der Waals surface area contributed by atoms with Crippen molar-refractivity contribution in [3.63, 3.8) is 0 Å². The fourth-order valence-corrected chi connectivity index (χ4v) is 2.52. The van der Waals surface area contributed by atoms with Crippen LogP contribution in [-0.2, 0) is 4.74 Å². The van der Waals surface area contributed by atoms with Crippen LogP contribution in [0.5, 0.6) is 0 Å². The van der Waals surface area contributed by atoms with E-state index in [4.69, 9.17) is 22.1 Å². The minimum atomic E-state index is -0.223. The highest BCUT2D eigenvalue weighted by Crippen LogP contribution is 2.21. The molecule has 1 aliphatic heterocycles. The molecular formula is C14H19ClN2O2. The molecule has 104 valence electrons. The fraction of sp³-hybridized carbons (Fsp3) is 0.500. The molecule has 1 atom stereocenters. The predicted molar refractivity (Wildman–Crippen MR) is 76.4 cm³/mol. The van der Waals surface area contributed by atoms with Crippen molar-refractivity contribution < 1.29 is 9.53 Å². The van der Waals surface area contributed by atoms with Crippen molar-refractivity contribution in [1.29, 1.82) is 0 Å². The third kappa shape index (κ3) is 3.85. The first-order chi connectivity index (χ1) is 9.18. The molecule has 0 spiro atoms. The van der Waals surface area contributed by atoms with Crippen LogP contribution < -0.4 is 11.1 Å². The SMILES string of the molecule is Nc1cccc(Cl)c1C(=O)NCCC1CCCCO1. The monoisotopic (exact) mass is 282 g/mol. The van der Waals surface area contributed by atoms with Gasteiger partial charge in [0.2, 0.25) is 0 Å². The number of nitrogen functional groups attached to an aromatic ring is 1. The Bertz CT molecular complexity index is 425. The Morgan fingerprint density at radius 1 is 1.47 bits per heavy atom. The highest BCUT2D eigenvalue weighted by Gasteiger charge is 2.16. The average molecular weight is 283 g/mol. The summed E-state index contributed by atoms with van der Waals surface area (Å²) in [6.07, 6.45) is 4.51. The average Bonchev–Trinajstić information content (AvgIpc) is 2.40. The van der Waals surface area contributed by atoms with Crippen LogP contribution in [-0.4, -0.2) is 25.2 Å². The van der Waals surface area contributed by atoms with Gasteiger partial charge in [0.25, 0.3) is 5.91 Å². The highest BCUT2D eigenvalue weighted by atomic mass is 35.5. The molecular weight excluding hydrogens is 264 g/mol. The van der Waals surface area contributed by atoms with E-state index in [0.717, 1.165) is 25.9 Å². The molecule has 3 N–H and O–H groups in total. The van der Waals surface area contributed by atoms with Crippen LogP contribution in [0.15, 0.2) is 18.2 Å². The zero-order valence-corrected chi connectivity index (χ0v) is 11.6. The van der Waals surface area contributed by atoms with Gasteiger partial charge in [-0.2, -0.15) is 0 Å². The number of hydrogen-bond donors (Lipinski definition) is 2. The van der Waals surface area contributed by atoms with Crippen molar-refractivity contribution in [2.75, 3.05) is 18.9 Å². The maximum atomic E-state index is 12.0. The van der Waals surface area contributed by atoms with Gasteiger partial charge in [0, 0.05) is 18.8 Å². The topological polar surface area (TPSA) is 64.4 Å². The van der Waals surface area contributed by atoms with Crippen molar-refractivity contribution in [2.24, 2.45) is 0 Å². The van der Waals surface area contributed by atoms with E-state index >= 15 is 0 Å². The van der Waals surface area contributed by atoms with E-state index in [1.54, 1.807) is 18.2 Å². The molecule has 0 aliphatic carbocycles. The van der Waals surface area contributed by atoms with Gasteiger partial charge in [-0.1, -0.05) is 17.7 Å². The molecule has 4 nitrogen and oxygen atoms in total. The molecule has 0 saturated carbocycles. The lowest BCUT2D eigenvalue weighted by atomic mass is 10.1. The lowest BCUT2D eigenvalue weighted by Gasteiger charge is -2.22. The van der Waals surface area contributed by atoms with Crippen LogP contribution in [0, 0.1) is 0 Å². The number of amides is 1. The van der Waals surface area contributed by atoms with Crippen LogP contribution in [0.25, 0.3) is 0 Å². The van der Waals surface area contributed by atoms with Crippen molar-refractivity contribution in [3.8, 4) is 0 Å². The molecule has 1 aromatic carbocycles. The van der Waals surface area contributed by atoms with Crippen molar-refractivity contribution in [1.82, 2.24) is 5.32 Å². The largest absolute Gasteiger partial charge is 0.398 e. The van der Waals surface area contributed by atoms with E-state index in [2.05, 4.69) is 5.32 Å². The zero-order valence-electron chi connectivity index (χ0n) is 10.8. The maximum Gasteiger partial charge on any atom is 0.254 e. The molecule has 0 aromatic heterocycles. The Balaban J connectivity index is 1.84. The Hall–Kier alpha value is -1.26. The number of hydrogen-bond acceptors (Lipinski definition) is 3. The van der Waals surface area contributed by atoms with Crippen LogP contribution in [0.2, 0.25) is 5.02 Å². The highest BCUT2D eigenvalue weighted by molar-refractivity contribution is 6.34. The lowest BCUT2D eigenvalue weighted by Crippen LogP contribution is -2.30. The summed E-state index contributed by atoms with van der Waals surface area (Å²) < 4.78 is 5.61. The summed E-state index contributed by atoms with van der Waals surface area (Å²) >= 11 is 5.99. The number of benzene rings is 1. The summed E-state index contributed by atoms with van der Waals surface area (Å²) in [6.45, 7) is 1.41. The van der Waals surface area contributed by atoms with Gasteiger partial charge in [-0.15, -0.1) is 0 Å². The molecule has 5 heteroatoms. The second-order valence-electron chi connectivity index (χ2n) is 4.74. The van der Waals surface area contributed by atoms with Crippen LogP contribution in [0.3, 0.4) is 0 Å². The maximum absolute atomic E-state index is 12.0. The van der Waals surface area contributed by atoms with Gasteiger partial charge in [0.05, 0.1) is 16.7 Å². The summed E-state index contributed by atoms with van der Waals surface area (Å²) in [5, 5.41) is 3.23. The molecule has 1 heterocycles. The van der Waals surface area contributed by atoms with Gasteiger partial charge in [0.15, 0.2) is 0 Å². The number of anilines is 1. The zero-order chi connectivity index (χ0) is 13.7. The number of nitrogens with one attached hydrogen (secondary N) is 1. The van der Waals surface area contributed by atoms with Gasteiger partial charge in [-0.3, -0.25) is 4.79 Å². The van der Waals surface area contributed by atoms with Crippen molar-refractivity contribution in [2.45, 2.75) is 31.8 Å². The number of carbonyl (C=O) groups is 1. The third-order valence-electron chi connectivity index (χ3n) is 3.30. The van der Waals surface area contributed by atoms with Gasteiger partial charge < -0.3 is 15.8 Å². The number of nitrogens with two attached hydrogens (primary N) is 1. The smallest absolute Gasteiger partial charge is 0.254 e. The summed E-state index contributed by atoms with van der Waals surface area (Å²) in [7, 11) is 0. The molecule has 1 saturated heterocycles. The van der Waals surface area contributed by atoms with E-state index in [-0.39, 0.29) is 12.0 Å². The number of rotatable bonds is 4. The number of carbonyl (C=O) groups excluding carboxylic acids is 1. The van der Waals surface area contributed by atoms with Gasteiger partial charge in [0.1, 0.15) is 0 Å². The second-order valence-corrected chi connectivity index (χ2v) is 5.14. The van der Waals surface area contributed by atoms with Gasteiger partial charge in [-0.05, 0) is 37.8 Å². The van der Waals surface area contributed by atoms with Crippen LogP contribution >= 0.6 is 11.6 Å². The molecule has 0 bridgehead atoms. The minimum absolute atomic E-state index is 0.223. The van der Waals surface area contributed by atoms with E-state index in [0.29, 0.717) is 22.8 Å². The second kappa shape index (κ2) is 6.78. The molecule has 1 fully saturated rings. The molecule has 1 amide bonds. The van der Waals surface area contributed by atoms with E-state index in [9.17, 15) is 4.79 Å². The Kier molecular flexibility index (Phi) is 5.05. The summed E-state index contributed by atoms with van der Waals surface area (Å²) in [5.41, 5.74) is 6.52. The first-order valence-electron chi connectivity index (χ1n) is 6.62. The number of halogens is 1. The number of ether oxygens (including phenoxy) is 1. The minimum Gasteiger partial charge on any atom is -0.398 e.